The second kappa shape index (κ2) is 7.07. The maximum absolute atomic E-state index is 11.4. The number of urea groups is 1. The van der Waals surface area contributed by atoms with E-state index in [2.05, 4.69) is 28.1 Å². The summed E-state index contributed by atoms with van der Waals surface area (Å²) in [4.78, 5) is 20.2. The van der Waals surface area contributed by atoms with E-state index in [1.165, 1.54) is 5.56 Å². The molecule has 2 fully saturated rings. The lowest BCUT2D eigenvalue weighted by Crippen LogP contribution is -2.50. The number of piperazine rings is 1. The Kier molecular flexibility index (Phi) is 4.41. The van der Waals surface area contributed by atoms with Crippen LogP contribution in [0.25, 0.3) is 10.2 Å². The third-order valence-electron chi connectivity index (χ3n) is 5.73. The maximum atomic E-state index is 11.4. The number of hydrogen-bond donors (Lipinski definition) is 1. The number of primary amides is 1. The summed E-state index contributed by atoms with van der Waals surface area (Å²) in [6, 6.07) is 16.8. The Morgan fingerprint density at radius 3 is 2.68 bits per heavy atom. The highest BCUT2D eigenvalue weighted by molar-refractivity contribution is 7.20. The van der Waals surface area contributed by atoms with E-state index >= 15 is 0 Å². The zero-order valence-electron chi connectivity index (χ0n) is 15.5. The van der Waals surface area contributed by atoms with E-state index in [0.29, 0.717) is 17.3 Å². The number of thiazole rings is 1. The Morgan fingerprint density at radius 2 is 1.96 bits per heavy atom. The van der Waals surface area contributed by atoms with Crippen molar-refractivity contribution in [2.24, 2.45) is 5.73 Å². The fourth-order valence-electron chi connectivity index (χ4n) is 4.29. The second-order valence-corrected chi connectivity index (χ2v) is 8.47. The predicted octanol–water partition coefficient (Wildman–Crippen LogP) is 3.47. The van der Waals surface area contributed by atoms with Gasteiger partial charge < -0.3 is 15.4 Å². The third kappa shape index (κ3) is 3.31. The SMILES string of the molecule is NC(=O)N1CC2C[C@H]1CN2CCc1ccc(Oc2nc3ccccc3s2)cc1. The van der Waals surface area contributed by atoms with Crippen molar-refractivity contribution in [3.8, 4) is 10.9 Å². The van der Waals surface area contributed by atoms with Gasteiger partial charge in [-0.05, 0) is 42.7 Å². The van der Waals surface area contributed by atoms with Crippen LogP contribution in [0.1, 0.15) is 12.0 Å². The molecule has 0 saturated carbocycles. The van der Waals surface area contributed by atoms with E-state index in [-0.39, 0.29) is 6.03 Å². The zero-order chi connectivity index (χ0) is 19.1. The third-order valence-corrected chi connectivity index (χ3v) is 6.64. The highest BCUT2D eigenvalue weighted by Gasteiger charge is 2.44. The number of nitrogens with two attached hydrogens (primary N) is 1. The van der Waals surface area contributed by atoms with Gasteiger partial charge in [0.1, 0.15) is 5.75 Å². The van der Waals surface area contributed by atoms with Crippen molar-refractivity contribution in [3.63, 3.8) is 0 Å². The van der Waals surface area contributed by atoms with Crippen molar-refractivity contribution in [1.82, 2.24) is 14.8 Å². The average molecular weight is 395 g/mol. The number of carbonyl (C=O) groups is 1. The molecule has 0 aliphatic carbocycles. The number of aromatic nitrogens is 1. The summed E-state index contributed by atoms with van der Waals surface area (Å²) in [5.41, 5.74) is 7.69. The molecule has 2 atom stereocenters. The monoisotopic (exact) mass is 394 g/mol. The number of carbonyl (C=O) groups excluding carboxylic acids is 1. The summed E-state index contributed by atoms with van der Waals surface area (Å²) in [5.74, 6) is 0.806. The van der Waals surface area contributed by atoms with E-state index in [1.54, 1.807) is 11.3 Å². The number of fused-ring (bicyclic) bond motifs is 3. The van der Waals surface area contributed by atoms with Gasteiger partial charge in [-0.3, -0.25) is 4.90 Å². The van der Waals surface area contributed by atoms with Gasteiger partial charge in [0.15, 0.2) is 0 Å². The molecule has 2 N–H and O–H groups in total. The summed E-state index contributed by atoms with van der Waals surface area (Å²) in [5, 5.41) is 0.668. The molecule has 144 valence electrons. The van der Waals surface area contributed by atoms with Crippen LogP contribution in [0.3, 0.4) is 0 Å². The molecule has 2 amide bonds. The molecule has 1 aromatic heterocycles. The summed E-state index contributed by atoms with van der Waals surface area (Å²) in [6.45, 7) is 2.72. The van der Waals surface area contributed by atoms with E-state index < -0.39 is 0 Å². The van der Waals surface area contributed by atoms with Gasteiger partial charge in [-0.25, -0.2) is 9.78 Å². The zero-order valence-corrected chi connectivity index (χ0v) is 16.3. The Hall–Kier alpha value is -2.64. The van der Waals surface area contributed by atoms with Crippen LogP contribution in [0, 0.1) is 0 Å². The quantitative estimate of drug-likeness (QED) is 0.719. The Bertz CT molecular complexity index is 970. The molecule has 5 rings (SSSR count). The van der Waals surface area contributed by atoms with Crippen molar-refractivity contribution >= 4 is 27.6 Å². The molecule has 28 heavy (non-hydrogen) atoms. The van der Waals surface area contributed by atoms with Crippen LogP contribution in [-0.2, 0) is 6.42 Å². The molecule has 2 aromatic carbocycles. The van der Waals surface area contributed by atoms with Crippen LogP contribution in [0.4, 0.5) is 4.79 Å². The van der Waals surface area contributed by atoms with Gasteiger partial charge in [0.25, 0.3) is 5.19 Å². The van der Waals surface area contributed by atoms with E-state index in [9.17, 15) is 4.79 Å². The molecule has 7 heteroatoms. The average Bonchev–Trinajstić information content (AvgIpc) is 3.40. The molecule has 0 radical (unpaired) electrons. The number of amides is 2. The van der Waals surface area contributed by atoms with Crippen LogP contribution in [-0.4, -0.2) is 52.5 Å². The molecule has 3 heterocycles. The summed E-state index contributed by atoms with van der Waals surface area (Å²) >= 11 is 1.56. The molecule has 6 nitrogen and oxygen atoms in total. The normalized spacial score (nSPS) is 21.5. The number of rotatable bonds is 5. The molecule has 2 aliphatic heterocycles. The van der Waals surface area contributed by atoms with E-state index in [1.807, 2.05) is 35.2 Å². The van der Waals surface area contributed by atoms with Crippen molar-refractivity contribution in [1.29, 1.82) is 0 Å². The lowest BCUT2D eigenvalue weighted by atomic mass is 10.1. The molecule has 3 aromatic rings. The first-order valence-electron chi connectivity index (χ1n) is 9.58. The minimum atomic E-state index is -0.282. The molecule has 2 aliphatic rings. The lowest BCUT2D eigenvalue weighted by molar-refractivity contribution is 0.142. The van der Waals surface area contributed by atoms with Crippen LogP contribution < -0.4 is 10.5 Å². The molecular formula is C21H22N4O2S. The van der Waals surface area contributed by atoms with Crippen LogP contribution in [0.5, 0.6) is 10.9 Å². The van der Waals surface area contributed by atoms with Gasteiger partial charge in [-0.15, -0.1) is 0 Å². The first-order valence-corrected chi connectivity index (χ1v) is 10.4. The minimum absolute atomic E-state index is 0.282. The lowest BCUT2D eigenvalue weighted by Gasteiger charge is -2.33. The smallest absolute Gasteiger partial charge is 0.315 e. The van der Waals surface area contributed by atoms with Gasteiger partial charge in [0, 0.05) is 31.7 Å². The van der Waals surface area contributed by atoms with Crippen LogP contribution >= 0.6 is 11.3 Å². The van der Waals surface area contributed by atoms with Gasteiger partial charge in [-0.1, -0.05) is 35.6 Å². The number of nitrogens with zero attached hydrogens (tertiary/aromatic N) is 3. The Balaban J connectivity index is 1.17. The van der Waals surface area contributed by atoms with Crippen LogP contribution in [0.15, 0.2) is 48.5 Å². The molecule has 1 unspecified atom stereocenters. The highest BCUT2D eigenvalue weighted by Crippen LogP contribution is 2.32. The number of hydrogen-bond acceptors (Lipinski definition) is 5. The Morgan fingerprint density at radius 1 is 1.14 bits per heavy atom. The molecule has 2 bridgehead atoms. The standard InChI is InChI=1S/C21H22N4O2S/c22-20(26)25-13-15-11-16(25)12-24(15)10-9-14-5-7-17(8-6-14)27-21-23-18-3-1-2-4-19(18)28-21/h1-8,15-16H,9-13H2,(H2,22,26)/t15?,16-/m0/s1. The van der Waals surface area contributed by atoms with Crippen molar-refractivity contribution in [2.75, 3.05) is 19.6 Å². The topological polar surface area (TPSA) is 71.7 Å². The van der Waals surface area contributed by atoms with Crippen molar-refractivity contribution in [3.05, 3.63) is 54.1 Å². The first kappa shape index (κ1) is 17.5. The molecular weight excluding hydrogens is 372 g/mol. The predicted molar refractivity (Wildman–Crippen MR) is 110 cm³/mol. The number of likely N-dealkylation sites (tertiary alicyclic amines) is 2. The number of para-hydroxylation sites is 1. The van der Waals surface area contributed by atoms with Crippen molar-refractivity contribution < 1.29 is 9.53 Å². The first-order chi connectivity index (χ1) is 13.7. The number of ether oxygens (including phenoxy) is 1. The number of benzene rings is 2. The molecule has 2 saturated heterocycles. The Labute approximate surface area is 167 Å². The van der Waals surface area contributed by atoms with Crippen molar-refractivity contribution in [2.45, 2.75) is 24.9 Å². The van der Waals surface area contributed by atoms with Gasteiger partial charge in [-0.2, -0.15) is 0 Å². The van der Waals surface area contributed by atoms with Gasteiger partial charge in [0.05, 0.1) is 10.2 Å². The van der Waals surface area contributed by atoms with Gasteiger partial charge in [0.2, 0.25) is 0 Å². The summed E-state index contributed by atoms with van der Waals surface area (Å²) in [6.07, 6.45) is 2.04. The summed E-state index contributed by atoms with van der Waals surface area (Å²) < 4.78 is 7.05. The van der Waals surface area contributed by atoms with Crippen LogP contribution in [0.2, 0.25) is 0 Å². The largest absolute Gasteiger partial charge is 0.431 e. The molecule has 0 spiro atoms. The van der Waals surface area contributed by atoms with E-state index in [4.69, 9.17) is 10.5 Å². The van der Waals surface area contributed by atoms with E-state index in [0.717, 1.165) is 48.4 Å². The van der Waals surface area contributed by atoms with Gasteiger partial charge >= 0.3 is 6.03 Å². The summed E-state index contributed by atoms with van der Waals surface area (Å²) in [7, 11) is 0. The fourth-order valence-corrected chi connectivity index (χ4v) is 5.12. The maximum Gasteiger partial charge on any atom is 0.315 e. The minimum Gasteiger partial charge on any atom is -0.431 e. The highest BCUT2D eigenvalue weighted by atomic mass is 32.1. The second-order valence-electron chi connectivity index (χ2n) is 7.47. The fraction of sp³-hybridized carbons (Fsp3) is 0.333.